The number of urea groups is 1. The number of nitrogens with zero attached hydrogens (tertiary/aromatic N) is 3. The van der Waals surface area contributed by atoms with Gasteiger partial charge in [0.05, 0.1) is 18.6 Å². The number of aldehydes is 1. The maximum absolute atomic E-state index is 13.1. The molecular formula is C30H38N6O4. The molecule has 0 bridgehead atoms. The second-order valence-corrected chi connectivity index (χ2v) is 9.68. The lowest BCUT2D eigenvalue weighted by atomic mass is 10.1. The molecule has 0 saturated carbocycles. The number of aromatic nitrogens is 1. The second-order valence-electron chi connectivity index (χ2n) is 9.68. The Morgan fingerprint density at radius 3 is 2.52 bits per heavy atom. The zero-order valence-corrected chi connectivity index (χ0v) is 23.4. The van der Waals surface area contributed by atoms with Crippen LogP contribution in [0.1, 0.15) is 28.4 Å². The highest BCUT2D eigenvalue weighted by molar-refractivity contribution is 6.07. The molecule has 10 heteroatoms. The number of likely N-dealkylation sites (N-methyl/N-ethyl adjacent to an activating group) is 1. The third-order valence-electron chi connectivity index (χ3n) is 6.52. The van der Waals surface area contributed by atoms with Gasteiger partial charge in [-0.25, -0.2) is 4.79 Å². The third kappa shape index (κ3) is 8.11. The Morgan fingerprint density at radius 2 is 1.85 bits per heavy atom. The molecule has 3 aromatic rings. The lowest BCUT2D eigenvalue weighted by Crippen LogP contribution is -2.59. The highest BCUT2D eigenvalue weighted by Crippen LogP contribution is 2.25. The average Bonchev–Trinajstić information content (AvgIpc) is 3.28. The molecule has 3 rings (SSSR count). The van der Waals surface area contributed by atoms with Crippen molar-refractivity contribution in [1.82, 2.24) is 30.3 Å². The molecule has 2 aromatic carbocycles. The van der Waals surface area contributed by atoms with Gasteiger partial charge in [0.25, 0.3) is 0 Å². The van der Waals surface area contributed by atoms with Crippen molar-refractivity contribution in [3.05, 3.63) is 84.1 Å². The number of ketones is 1. The molecule has 212 valence electrons. The van der Waals surface area contributed by atoms with Crippen molar-refractivity contribution in [2.45, 2.75) is 26.2 Å². The van der Waals surface area contributed by atoms with Crippen molar-refractivity contribution in [1.29, 1.82) is 0 Å². The van der Waals surface area contributed by atoms with Crippen LogP contribution in [0.2, 0.25) is 0 Å². The topological polar surface area (TPSA) is 116 Å². The summed E-state index contributed by atoms with van der Waals surface area (Å²) in [5.41, 5.74) is 3.52. The largest absolute Gasteiger partial charge is 0.350 e. The van der Waals surface area contributed by atoms with Gasteiger partial charge in [0.1, 0.15) is 12.5 Å². The van der Waals surface area contributed by atoms with Gasteiger partial charge >= 0.3 is 6.03 Å². The van der Waals surface area contributed by atoms with Gasteiger partial charge in [-0.05, 0) is 25.1 Å². The minimum absolute atomic E-state index is 0.00466. The molecule has 0 radical (unpaired) electrons. The number of amides is 3. The van der Waals surface area contributed by atoms with Crippen LogP contribution < -0.4 is 16.0 Å². The Labute approximate surface area is 235 Å². The minimum atomic E-state index is -0.788. The standard InChI is InChI=1S/C30H38N6O4/c1-5-14-31-18-28(39)36(15-16-37)27(33-30(40)32-17-23-10-7-6-8-11-23)21-34(3)19-24-12-9-13-25-26(22(2)38)20-35(4)29(24)25/h5-13,16,20,27,31H,1,14-15,17-19,21H2,2-4H3,(H2,32,33,40). The number of rotatable bonds is 15. The zero-order valence-electron chi connectivity index (χ0n) is 23.4. The fraction of sp³-hybridized carbons (Fsp3) is 0.333. The molecule has 0 saturated heterocycles. The number of fused-ring (bicyclic) bond motifs is 1. The number of carbonyl (C=O) groups excluding carboxylic acids is 4. The van der Waals surface area contributed by atoms with Crippen LogP contribution in [-0.4, -0.2) is 77.8 Å². The molecule has 1 unspecified atom stereocenters. The van der Waals surface area contributed by atoms with E-state index in [0.29, 0.717) is 31.5 Å². The number of hydrogen-bond acceptors (Lipinski definition) is 6. The van der Waals surface area contributed by atoms with Crippen LogP contribution in [0.5, 0.6) is 0 Å². The first-order valence-electron chi connectivity index (χ1n) is 13.1. The lowest BCUT2D eigenvalue weighted by molar-refractivity contribution is -0.135. The summed E-state index contributed by atoms with van der Waals surface area (Å²) >= 11 is 0. The van der Waals surface area contributed by atoms with Crippen molar-refractivity contribution in [2.75, 3.05) is 33.2 Å². The molecule has 0 spiro atoms. The number of nitrogens with one attached hydrogen (secondary N) is 3. The normalized spacial score (nSPS) is 11.7. The van der Waals surface area contributed by atoms with Crippen molar-refractivity contribution in [3.8, 4) is 0 Å². The molecule has 0 fully saturated rings. The predicted molar refractivity (Wildman–Crippen MR) is 156 cm³/mol. The Balaban J connectivity index is 1.81. The Morgan fingerprint density at radius 1 is 1.10 bits per heavy atom. The lowest BCUT2D eigenvalue weighted by Gasteiger charge is -2.34. The summed E-state index contributed by atoms with van der Waals surface area (Å²) < 4.78 is 1.94. The number of Topliss-reactive ketones (excluding diaryl/α,β-unsaturated/α-hetero) is 1. The molecule has 0 aliphatic heterocycles. The number of para-hydroxylation sites is 1. The van der Waals surface area contributed by atoms with Crippen LogP contribution >= 0.6 is 0 Å². The van der Waals surface area contributed by atoms with Gasteiger partial charge in [-0.1, -0.05) is 54.6 Å². The van der Waals surface area contributed by atoms with Gasteiger partial charge in [0.2, 0.25) is 5.91 Å². The summed E-state index contributed by atoms with van der Waals surface area (Å²) in [4.78, 5) is 53.0. The number of aryl methyl sites for hydroxylation is 1. The number of hydrogen-bond donors (Lipinski definition) is 3. The maximum atomic E-state index is 13.1. The molecule has 10 nitrogen and oxygen atoms in total. The minimum Gasteiger partial charge on any atom is -0.350 e. The second kappa shape index (κ2) is 14.8. The van der Waals surface area contributed by atoms with Crippen LogP contribution in [0.4, 0.5) is 4.79 Å². The SMILES string of the molecule is C=CCNCC(=O)N(CC=O)C(CN(C)Cc1cccc2c(C(C)=O)cn(C)c12)NC(=O)NCc1ccccc1. The van der Waals surface area contributed by atoms with Gasteiger partial charge in [-0.15, -0.1) is 6.58 Å². The van der Waals surface area contributed by atoms with E-state index < -0.39 is 12.2 Å². The summed E-state index contributed by atoms with van der Waals surface area (Å²) in [6, 6.07) is 14.9. The van der Waals surface area contributed by atoms with Crippen molar-refractivity contribution in [2.24, 2.45) is 7.05 Å². The van der Waals surface area contributed by atoms with Crippen molar-refractivity contribution in [3.63, 3.8) is 0 Å². The van der Waals surface area contributed by atoms with E-state index in [4.69, 9.17) is 0 Å². The zero-order chi connectivity index (χ0) is 29.1. The number of benzene rings is 2. The predicted octanol–water partition coefficient (Wildman–Crippen LogP) is 2.44. The van der Waals surface area contributed by atoms with Gasteiger partial charge < -0.3 is 30.2 Å². The van der Waals surface area contributed by atoms with Crippen LogP contribution in [0.25, 0.3) is 10.9 Å². The molecule has 0 aliphatic rings. The van der Waals surface area contributed by atoms with E-state index in [1.807, 2.05) is 78.3 Å². The van der Waals surface area contributed by atoms with Crippen LogP contribution in [0.3, 0.4) is 0 Å². The highest BCUT2D eigenvalue weighted by Gasteiger charge is 2.26. The Bertz CT molecular complexity index is 1340. The first-order chi connectivity index (χ1) is 19.2. The van der Waals surface area contributed by atoms with E-state index in [9.17, 15) is 19.2 Å². The van der Waals surface area contributed by atoms with Crippen LogP contribution in [0.15, 0.2) is 67.4 Å². The van der Waals surface area contributed by atoms with Gasteiger partial charge in [0, 0.05) is 50.4 Å². The summed E-state index contributed by atoms with van der Waals surface area (Å²) in [5, 5.41) is 9.55. The molecular weight excluding hydrogens is 508 g/mol. The van der Waals surface area contributed by atoms with Crippen LogP contribution in [-0.2, 0) is 29.7 Å². The van der Waals surface area contributed by atoms with Gasteiger partial charge in [-0.3, -0.25) is 14.5 Å². The molecule has 40 heavy (non-hydrogen) atoms. The molecule has 3 N–H and O–H groups in total. The first kappa shape index (κ1) is 30.3. The number of carbonyl (C=O) groups is 4. The van der Waals surface area contributed by atoms with Gasteiger partial charge in [-0.2, -0.15) is 0 Å². The highest BCUT2D eigenvalue weighted by atomic mass is 16.2. The van der Waals surface area contributed by atoms with Crippen molar-refractivity contribution >= 4 is 34.9 Å². The van der Waals surface area contributed by atoms with Gasteiger partial charge in [0.15, 0.2) is 5.78 Å². The monoisotopic (exact) mass is 546 g/mol. The van der Waals surface area contributed by atoms with E-state index in [0.717, 1.165) is 22.0 Å². The summed E-state index contributed by atoms with van der Waals surface area (Å²) in [6.07, 6.45) is 3.33. The molecule has 0 aliphatic carbocycles. The quantitative estimate of drug-likeness (QED) is 0.0887. The molecule has 1 heterocycles. The maximum Gasteiger partial charge on any atom is 0.316 e. The molecule has 1 atom stereocenters. The van der Waals surface area contributed by atoms with E-state index in [1.54, 1.807) is 13.0 Å². The molecule has 3 amide bonds. The Hall–Kier alpha value is -4.28. The summed E-state index contributed by atoms with van der Waals surface area (Å²) in [5.74, 6) is -0.332. The van der Waals surface area contributed by atoms with E-state index in [1.165, 1.54) is 4.90 Å². The summed E-state index contributed by atoms with van der Waals surface area (Å²) in [6.45, 7) is 6.47. The smallest absolute Gasteiger partial charge is 0.316 e. The van der Waals surface area contributed by atoms with Crippen LogP contribution in [0, 0.1) is 0 Å². The fourth-order valence-electron chi connectivity index (χ4n) is 4.68. The van der Waals surface area contributed by atoms with E-state index >= 15 is 0 Å². The Kier molecular flexibility index (Phi) is 11.2. The fourth-order valence-corrected chi connectivity index (χ4v) is 4.68. The summed E-state index contributed by atoms with van der Waals surface area (Å²) in [7, 11) is 3.78. The first-order valence-corrected chi connectivity index (χ1v) is 13.1. The van der Waals surface area contributed by atoms with Crippen molar-refractivity contribution < 1.29 is 19.2 Å². The third-order valence-corrected chi connectivity index (χ3v) is 6.52. The average molecular weight is 547 g/mol. The van der Waals surface area contributed by atoms with E-state index in [-0.39, 0.29) is 31.3 Å². The molecule has 1 aromatic heterocycles. The van der Waals surface area contributed by atoms with E-state index in [2.05, 4.69) is 22.5 Å².